The van der Waals surface area contributed by atoms with E-state index in [-0.39, 0.29) is 11.8 Å². The van der Waals surface area contributed by atoms with Crippen molar-refractivity contribution in [2.75, 3.05) is 25.9 Å². The Morgan fingerprint density at radius 1 is 1.77 bits per heavy atom. The van der Waals surface area contributed by atoms with Crippen LogP contribution >= 0.6 is 11.8 Å². The van der Waals surface area contributed by atoms with Gasteiger partial charge in [0.15, 0.2) is 0 Å². The largest absolute Gasteiger partial charge is 0.355 e. The summed E-state index contributed by atoms with van der Waals surface area (Å²) < 4.78 is 0. The van der Waals surface area contributed by atoms with Crippen LogP contribution in [0.2, 0.25) is 0 Å². The molecule has 0 aliphatic carbocycles. The van der Waals surface area contributed by atoms with Gasteiger partial charge in [-0.15, -0.1) is 0 Å². The molecule has 1 amide bonds. The summed E-state index contributed by atoms with van der Waals surface area (Å²) >= 11 is 1.78. The van der Waals surface area contributed by atoms with Gasteiger partial charge in [0.05, 0.1) is 5.92 Å². The first-order valence-corrected chi connectivity index (χ1v) is 6.04. The van der Waals surface area contributed by atoms with Gasteiger partial charge in [-0.1, -0.05) is 6.92 Å². The van der Waals surface area contributed by atoms with Crippen LogP contribution in [-0.4, -0.2) is 37.0 Å². The number of hydrogen-bond acceptors (Lipinski definition) is 3. The molecule has 0 radical (unpaired) electrons. The molecule has 13 heavy (non-hydrogen) atoms. The molecule has 1 unspecified atom stereocenters. The number of hydrogen-bond donors (Lipinski definition) is 2. The molecule has 76 valence electrons. The Labute approximate surface area is 84.0 Å². The summed E-state index contributed by atoms with van der Waals surface area (Å²) in [5.74, 6) is 0.417. The van der Waals surface area contributed by atoms with Gasteiger partial charge in [-0.05, 0) is 19.2 Å². The molecule has 0 bridgehead atoms. The average Bonchev–Trinajstić information content (AvgIpc) is 2.66. The third-order valence-electron chi connectivity index (χ3n) is 2.40. The predicted octanol–water partition coefficient (Wildman–Crippen LogP) is 0.464. The topological polar surface area (TPSA) is 41.1 Å². The maximum atomic E-state index is 11.5. The molecule has 3 nitrogen and oxygen atoms in total. The van der Waals surface area contributed by atoms with Crippen LogP contribution in [0.25, 0.3) is 0 Å². The maximum Gasteiger partial charge on any atom is 0.224 e. The van der Waals surface area contributed by atoms with E-state index in [0.717, 1.165) is 26.1 Å². The standard InChI is InChI=1S/C9H18N2OS/c1-7(13-2)5-11-9(12)8-3-4-10-6-8/h7-8,10H,3-6H2,1-2H3,(H,11,12)/t7?,8-/m0/s1. The van der Waals surface area contributed by atoms with Gasteiger partial charge in [0, 0.05) is 18.3 Å². The van der Waals surface area contributed by atoms with Crippen LogP contribution in [-0.2, 0) is 4.79 Å². The van der Waals surface area contributed by atoms with Crippen molar-refractivity contribution in [3.05, 3.63) is 0 Å². The fourth-order valence-corrected chi connectivity index (χ4v) is 1.60. The summed E-state index contributed by atoms with van der Waals surface area (Å²) in [7, 11) is 0. The van der Waals surface area contributed by atoms with Crippen molar-refractivity contribution < 1.29 is 4.79 Å². The maximum absolute atomic E-state index is 11.5. The van der Waals surface area contributed by atoms with Crippen molar-refractivity contribution in [2.24, 2.45) is 5.92 Å². The highest BCUT2D eigenvalue weighted by Crippen LogP contribution is 2.08. The molecule has 0 aromatic carbocycles. The Bertz CT molecular complexity index is 169. The fourth-order valence-electron chi connectivity index (χ4n) is 1.35. The van der Waals surface area contributed by atoms with Crippen LogP contribution in [0.15, 0.2) is 0 Å². The second-order valence-corrected chi connectivity index (χ2v) is 4.76. The minimum atomic E-state index is 0.203. The number of carbonyl (C=O) groups is 1. The van der Waals surface area contributed by atoms with Crippen molar-refractivity contribution in [3.8, 4) is 0 Å². The Morgan fingerprint density at radius 2 is 2.54 bits per heavy atom. The summed E-state index contributed by atoms with van der Waals surface area (Å²) in [6, 6.07) is 0. The molecule has 1 saturated heterocycles. The Hall–Kier alpha value is -0.220. The van der Waals surface area contributed by atoms with E-state index in [1.165, 1.54) is 0 Å². The summed E-state index contributed by atoms with van der Waals surface area (Å²) in [5, 5.41) is 6.68. The van der Waals surface area contributed by atoms with Crippen molar-refractivity contribution in [1.82, 2.24) is 10.6 Å². The molecular formula is C9H18N2OS. The summed E-state index contributed by atoms with van der Waals surface area (Å²) in [6.45, 7) is 4.74. The summed E-state index contributed by atoms with van der Waals surface area (Å²) in [4.78, 5) is 11.5. The van der Waals surface area contributed by atoms with Crippen molar-refractivity contribution in [3.63, 3.8) is 0 Å². The quantitative estimate of drug-likeness (QED) is 0.696. The fraction of sp³-hybridized carbons (Fsp3) is 0.889. The minimum absolute atomic E-state index is 0.203. The van der Waals surface area contributed by atoms with E-state index in [1.807, 2.05) is 0 Å². The molecule has 1 rings (SSSR count). The molecule has 0 aromatic rings. The zero-order valence-electron chi connectivity index (χ0n) is 8.30. The van der Waals surface area contributed by atoms with Crippen LogP contribution in [0.1, 0.15) is 13.3 Å². The first-order valence-electron chi connectivity index (χ1n) is 4.75. The normalized spacial score (nSPS) is 24.3. The third kappa shape index (κ3) is 3.56. The van der Waals surface area contributed by atoms with Gasteiger partial charge in [0.2, 0.25) is 5.91 Å². The first-order chi connectivity index (χ1) is 6.24. The van der Waals surface area contributed by atoms with Gasteiger partial charge in [-0.25, -0.2) is 0 Å². The number of nitrogens with one attached hydrogen (secondary N) is 2. The highest BCUT2D eigenvalue weighted by molar-refractivity contribution is 7.99. The number of amides is 1. The first kappa shape index (κ1) is 10.9. The second kappa shape index (κ2) is 5.50. The van der Waals surface area contributed by atoms with Crippen LogP contribution in [0.3, 0.4) is 0 Å². The van der Waals surface area contributed by atoms with Gasteiger partial charge < -0.3 is 10.6 Å². The SMILES string of the molecule is CSC(C)CNC(=O)[C@H]1CCNC1. The minimum Gasteiger partial charge on any atom is -0.355 e. The molecule has 1 aliphatic rings. The highest BCUT2D eigenvalue weighted by Gasteiger charge is 2.21. The van der Waals surface area contributed by atoms with E-state index in [1.54, 1.807) is 11.8 Å². The van der Waals surface area contributed by atoms with E-state index in [9.17, 15) is 4.79 Å². The number of thioether (sulfide) groups is 1. The van der Waals surface area contributed by atoms with E-state index < -0.39 is 0 Å². The lowest BCUT2D eigenvalue weighted by molar-refractivity contribution is -0.124. The van der Waals surface area contributed by atoms with E-state index in [2.05, 4.69) is 23.8 Å². The van der Waals surface area contributed by atoms with Crippen molar-refractivity contribution in [2.45, 2.75) is 18.6 Å². The van der Waals surface area contributed by atoms with Crippen molar-refractivity contribution in [1.29, 1.82) is 0 Å². The van der Waals surface area contributed by atoms with Gasteiger partial charge in [0.1, 0.15) is 0 Å². The Kier molecular flexibility index (Phi) is 4.59. The zero-order valence-corrected chi connectivity index (χ0v) is 9.12. The molecule has 2 N–H and O–H groups in total. The van der Waals surface area contributed by atoms with E-state index in [4.69, 9.17) is 0 Å². The highest BCUT2D eigenvalue weighted by atomic mass is 32.2. The number of carbonyl (C=O) groups excluding carboxylic acids is 1. The van der Waals surface area contributed by atoms with Gasteiger partial charge in [-0.3, -0.25) is 4.79 Å². The van der Waals surface area contributed by atoms with Gasteiger partial charge in [-0.2, -0.15) is 11.8 Å². The van der Waals surface area contributed by atoms with Gasteiger partial charge >= 0.3 is 0 Å². The number of rotatable bonds is 4. The average molecular weight is 202 g/mol. The molecule has 1 heterocycles. The summed E-state index contributed by atoms with van der Waals surface area (Å²) in [6.07, 6.45) is 3.05. The van der Waals surface area contributed by atoms with Crippen molar-refractivity contribution >= 4 is 17.7 Å². The lowest BCUT2D eigenvalue weighted by Gasteiger charge is -2.12. The van der Waals surface area contributed by atoms with Crippen LogP contribution in [0, 0.1) is 5.92 Å². The smallest absolute Gasteiger partial charge is 0.224 e. The Morgan fingerprint density at radius 3 is 3.08 bits per heavy atom. The molecule has 0 spiro atoms. The molecule has 0 aromatic heterocycles. The van der Waals surface area contributed by atoms with E-state index >= 15 is 0 Å². The third-order valence-corrected chi connectivity index (χ3v) is 3.37. The lowest BCUT2D eigenvalue weighted by atomic mass is 10.1. The second-order valence-electron chi connectivity index (χ2n) is 3.48. The van der Waals surface area contributed by atoms with Crippen LogP contribution in [0.4, 0.5) is 0 Å². The monoisotopic (exact) mass is 202 g/mol. The van der Waals surface area contributed by atoms with Gasteiger partial charge in [0.25, 0.3) is 0 Å². The molecule has 1 aliphatic heterocycles. The molecule has 2 atom stereocenters. The molecule has 1 fully saturated rings. The molecule has 4 heteroatoms. The molecule has 0 saturated carbocycles. The van der Waals surface area contributed by atoms with E-state index in [0.29, 0.717) is 5.25 Å². The zero-order chi connectivity index (χ0) is 9.68. The Balaban J connectivity index is 2.16. The molecular weight excluding hydrogens is 184 g/mol. The predicted molar refractivity (Wildman–Crippen MR) is 57.0 cm³/mol. The lowest BCUT2D eigenvalue weighted by Crippen LogP contribution is -2.35. The summed E-state index contributed by atoms with van der Waals surface area (Å²) in [5.41, 5.74) is 0. The van der Waals surface area contributed by atoms with Crippen LogP contribution < -0.4 is 10.6 Å². The van der Waals surface area contributed by atoms with Crippen LogP contribution in [0.5, 0.6) is 0 Å².